The van der Waals surface area contributed by atoms with E-state index in [1.807, 2.05) is 0 Å². The lowest BCUT2D eigenvalue weighted by Crippen LogP contribution is -2.30. The molecule has 0 spiro atoms. The molecule has 0 rings (SSSR count). The van der Waals surface area contributed by atoms with Crippen LogP contribution >= 0.6 is 0 Å². The maximum absolute atomic E-state index is 12.8. The average molecular weight is 1000 g/mol. The van der Waals surface area contributed by atoms with Gasteiger partial charge in [0, 0.05) is 19.3 Å². The lowest BCUT2D eigenvalue weighted by Gasteiger charge is -2.18. The van der Waals surface area contributed by atoms with Crippen molar-refractivity contribution < 1.29 is 28.6 Å². The SMILES string of the molecule is CC/C=C\C/C=C\C/C=C\C/C=C\C/C=C\C/C=C\C/C=C\CCCCCCCCCCCC(=O)OCC(COC(=O)CCCCCCCCC)OC(=O)CCCCCCC/C=C\C/C=C\CCCCCC. The molecule has 0 radical (unpaired) electrons. The van der Waals surface area contributed by atoms with E-state index in [1.54, 1.807) is 0 Å². The zero-order valence-corrected chi connectivity index (χ0v) is 46.9. The molecule has 0 saturated heterocycles. The molecule has 0 amide bonds. The molecular formula is C66H110O6. The van der Waals surface area contributed by atoms with Crippen LogP contribution in [0, 0.1) is 0 Å². The van der Waals surface area contributed by atoms with Gasteiger partial charge in [-0.3, -0.25) is 14.4 Å². The molecule has 0 N–H and O–H groups in total. The van der Waals surface area contributed by atoms with Crippen LogP contribution in [-0.4, -0.2) is 37.2 Å². The molecule has 1 atom stereocenters. The monoisotopic (exact) mass is 999 g/mol. The van der Waals surface area contributed by atoms with Gasteiger partial charge in [-0.15, -0.1) is 0 Å². The maximum Gasteiger partial charge on any atom is 0.306 e. The van der Waals surface area contributed by atoms with Crippen LogP contribution in [0.25, 0.3) is 0 Å². The highest BCUT2D eigenvalue weighted by molar-refractivity contribution is 5.71. The van der Waals surface area contributed by atoms with Crippen molar-refractivity contribution in [3.05, 3.63) is 109 Å². The van der Waals surface area contributed by atoms with Crippen molar-refractivity contribution in [2.24, 2.45) is 0 Å². The van der Waals surface area contributed by atoms with Crippen molar-refractivity contribution in [1.82, 2.24) is 0 Å². The number of carbonyl (C=O) groups is 3. The minimum absolute atomic E-state index is 0.0849. The van der Waals surface area contributed by atoms with Gasteiger partial charge in [0.15, 0.2) is 6.10 Å². The molecule has 0 fully saturated rings. The standard InChI is InChI=1S/C66H110O6/c1-4-7-10-13-16-18-20-22-24-26-27-28-29-30-31-32-33-34-35-36-37-38-39-40-42-43-45-47-50-53-56-59-65(68)71-62-63(61-70-64(67)58-55-52-49-15-12-9-6-3)72-66(69)60-57-54-51-48-46-44-41-25-23-21-19-17-14-11-8-5-2/h7,10,16,18-19,21-22,24-25,27-28,30-31,33-34,36-37,41,63H,4-6,8-9,11-15,17,20,23,26,29,32,35,38-40,42-62H2,1-3H3/b10-7-,18-16-,21-19-,24-22-,28-27-,31-30-,34-33-,37-36-,41-25-. The third kappa shape index (κ3) is 57.0. The first-order valence-electron chi connectivity index (χ1n) is 29.9. The molecule has 0 aliphatic carbocycles. The molecular weight excluding hydrogens is 889 g/mol. The number of unbranched alkanes of at least 4 members (excludes halogenated alkanes) is 24. The van der Waals surface area contributed by atoms with E-state index in [4.69, 9.17) is 14.2 Å². The van der Waals surface area contributed by atoms with Crippen molar-refractivity contribution in [2.45, 2.75) is 277 Å². The Morgan fingerprint density at radius 1 is 0.292 bits per heavy atom. The molecule has 0 aromatic heterocycles. The molecule has 0 aliphatic heterocycles. The van der Waals surface area contributed by atoms with E-state index in [9.17, 15) is 14.4 Å². The summed E-state index contributed by atoms with van der Waals surface area (Å²) in [5.74, 6) is -0.911. The third-order valence-electron chi connectivity index (χ3n) is 12.5. The van der Waals surface area contributed by atoms with Gasteiger partial charge in [0.05, 0.1) is 0 Å². The van der Waals surface area contributed by atoms with Gasteiger partial charge in [-0.25, -0.2) is 0 Å². The van der Waals surface area contributed by atoms with E-state index in [0.29, 0.717) is 19.3 Å². The molecule has 410 valence electrons. The molecule has 6 nitrogen and oxygen atoms in total. The molecule has 0 aromatic carbocycles. The fourth-order valence-corrected chi connectivity index (χ4v) is 8.04. The number of hydrogen-bond acceptors (Lipinski definition) is 6. The number of allylic oxidation sites excluding steroid dienone is 18. The van der Waals surface area contributed by atoms with Gasteiger partial charge in [0.2, 0.25) is 0 Å². The molecule has 72 heavy (non-hydrogen) atoms. The van der Waals surface area contributed by atoms with Crippen molar-refractivity contribution >= 4 is 17.9 Å². The number of rotatable bonds is 53. The summed E-state index contributed by atoms with van der Waals surface area (Å²) >= 11 is 0. The fourth-order valence-electron chi connectivity index (χ4n) is 8.04. The quantitative estimate of drug-likeness (QED) is 0.0261. The minimum Gasteiger partial charge on any atom is -0.462 e. The predicted octanol–water partition coefficient (Wildman–Crippen LogP) is 20.3. The van der Waals surface area contributed by atoms with E-state index in [2.05, 4.69) is 130 Å². The first-order chi connectivity index (χ1) is 35.5. The Bertz CT molecular complexity index is 1470. The Hall–Kier alpha value is -3.93. The highest BCUT2D eigenvalue weighted by Gasteiger charge is 2.19. The maximum atomic E-state index is 12.8. The van der Waals surface area contributed by atoms with Gasteiger partial charge < -0.3 is 14.2 Å². The molecule has 0 aliphatic rings. The van der Waals surface area contributed by atoms with E-state index < -0.39 is 6.10 Å². The molecule has 6 heteroatoms. The minimum atomic E-state index is -0.786. The first kappa shape index (κ1) is 68.1. The molecule has 1 unspecified atom stereocenters. The summed E-state index contributed by atoms with van der Waals surface area (Å²) in [6.45, 7) is 6.45. The fraction of sp³-hybridized carbons (Fsp3) is 0.682. The van der Waals surface area contributed by atoms with Gasteiger partial charge in [0.25, 0.3) is 0 Å². The van der Waals surface area contributed by atoms with Crippen molar-refractivity contribution in [3.63, 3.8) is 0 Å². The van der Waals surface area contributed by atoms with Crippen molar-refractivity contribution in [2.75, 3.05) is 13.2 Å². The van der Waals surface area contributed by atoms with E-state index >= 15 is 0 Å². The summed E-state index contributed by atoms with van der Waals surface area (Å²) in [4.78, 5) is 38.0. The second-order valence-electron chi connectivity index (χ2n) is 19.5. The van der Waals surface area contributed by atoms with Crippen LogP contribution in [0.15, 0.2) is 109 Å². The molecule has 0 heterocycles. The summed E-state index contributed by atoms with van der Waals surface area (Å²) in [6, 6.07) is 0. The largest absolute Gasteiger partial charge is 0.462 e. The molecule has 0 aromatic rings. The van der Waals surface area contributed by atoms with Crippen LogP contribution in [0.3, 0.4) is 0 Å². The summed E-state index contributed by atoms with van der Waals surface area (Å²) in [5.41, 5.74) is 0. The van der Waals surface area contributed by atoms with Crippen LogP contribution in [0.4, 0.5) is 0 Å². The Kier molecular flexibility index (Phi) is 56.4. The lowest BCUT2D eigenvalue weighted by molar-refractivity contribution is -0.167. The predicted molar refractivity (Wildman–Crippen MR) is 311 cm³/mol. The summed E-state index contributed by atoms with van der Waals surface area (Å²) < 4.78 is 16.8. The Balaban J connectivity index is 4.16. The van der Waals surface area contributed by atoms with Crippen molar-refractivity contribution in [1.29, 1.82) is 0 Å². The van der Waals surface area contributed by atoms with Gasteiger partial charge in [-0.05, 0) is 109 Å². The second kappa shape index (κ2) is 59.6. The van der Waals surface area contributed by atoms with Crippen LogP contribution in [0.2, 0.25) is 0 Å². The number of hydrogen-bond donors (Lipinski definition) is 0. The highest BCUT2D eigenvalue weighted by Crippen LogP contribution is 2.15. The summed E-state index contributed by atoms with van der Waals surface area (Å²) in [5, 5.41) is 0. The van der Waals surface area contributed by atoms with Gasteiger partial charge in [-0.1, -0.05) is 252 Å². The lowest BCUT2D eigenvalue weighted by atomic mass is 10.1. The average Bonchev–Trinajstić information content (AvgIpc) is 3.38. The van der Waals surface area contributed by atoms with Crippen LogP contribution in [0.1, 0.15) is 271 Å². The van der Waals surface area contributed by atoms with E-state index in [1.165, 1.54) is 96.3 Å². The van der Waals surface area contributed by atoms with Gasteiger partial charge >= 0.3 is 17.9 Å². The Labute approximate surface area is 444 Å². The molecule has 0 saturated carbocycles. The Morgan fingerprint density at radius 3 is 0.861 bits per heavy atom. The van der Waals surface area contributed by atoms with Crippen molar-refractivity contribution in [3.8, 4) is 0 Å². The number of ether oxygens (including phenoxy) is 3. The zero-order valence-electron chi connectivity index (χ0n) is 46.9. The molecule has 0 bridgehead atoms. The summed E-state index contributed by atoms with van der Waals surface area (Å²) in [6.07, 6.45) is 81.1. The van der Waals surface area contributed by atoms with E-state index in [-0.39, 0.29) is 31.1 Å². The van der Waals surface area contributed by atoms with Crippen LogP contribution in [-0.2, 0) is 28.6 Å². The Morgan fingerprint density at radius 2 is 0.542 bits per heavy atom. The summed E-state index contributed by atoms with van der Waals surface area (Å²) in [7, 11) is 0. The normalized spacial score (nSPS) is 12.9. The van der Waals surface area contributed by atoms with Crippen LogP contribution in [0.5, 0.6) is 0 Å². The smallest absolute Gasteiger partial charge is 0.306 e. The number of esters is 3. The first-order valence-corrected chi connectivity index (χ1v) is 29.9. The van der Waals surface area contributed by atoms with E-state index in [0.717, 1.165) is 135 Å². The topological polar surface area (TPSA) is 78.9 Å². The number of carbonyl (C=O) groups excluding carboxylic acids is 3. The van der Waals surface area contributed by atoms with Crippen LogP contribution < -0.4 is 0 Å². The second-order valence-corrected chi connectivity index (χ2v) is 19.5. The van der Waals surface area contributed by atoms with Gasteiger partial charge in [-0.2, -0.15) is 0 Å². The highest BCUT2D eigenvalue weighted by atomic mass is 16.6. The van der Waals surface area contributed by atoms with Gasteiger partial charge in [0.1, 0.15) is 13.2 Å². The third-order valence-corrected chi connectivity index (χ3v) is 12.5. The zero-order chi connectivity index (χ0) is 52.2.